The SMILES string of the molecule is COc1ncccc1CN=C(N)N1CCOCC1.I. The Labute approximate surface area is 130 Å². The van der Waals surface area contributed by atoms with E-state index in [2.05, 4.69) is 9.98 Å². The number of nitrogens with two attached hydrogens (primary N) is 1. The zero-order valence-corrected chi connectivity index (χ0v) is 13.2. The predicted molar refractivity (Wildman–Crippen MR) is 83.9 cm³/mol. The number of aromatic nitrogens is 1. The first kappa shape index (κ1) is 16.0. The maximum Gasteiger partial charge on any atom is 0.218 e. The van der Waals surface area contributed by atoms with Crippen LogP contribution in [-0.4, -0.2) is 49.3 Å². The number of guanidine groups is 1. The molecule has 2 rings (SSSR count). The van der Waals surface area contributed by atoms with Crippen LogP contribution in [0.1, 0.15) is 5.56 Å². The first-order valence-electron chi connectivity index (χ1n) is 5.91. The van der Waals surface area contributed by atoms with Crippen LogP contribution >= 0.6 is 24.0 Å². The second-order valence-corrected chi connectivity index (χ2v) is 3.95. The fourth-order valence-corrected chi connectivity index (χ4v) is 1.79. The Morgan fingerprint density at radius 1 is 1.53 bits per heavy atom. The molecule has 0 amide bonds. The molecular formula is C12H19IN4O2. The van der Waals surface area contributed by atoms with Crippen molar-refractivity contribution in [1.82, 2.24) is 9.88 Å². The number of pyridine rings is 1. The van der Waals surface area contributed by atoms with Gasteiger partial charge in [-0.1, -0.05) is 6.07 Å². The highest BCUT2D eigenvalue weighted by Crippen LogP contribution is 2.14. The molecular weight excluding hydrogens is 359 g/mol. The van der Waals surface area contributed by atoms with Crippen molar-refractivity contribution >= 4 is 29.9 Å². The molecule has 1 aromatic heterocycles. The molecule has 6 nitrogen and oxygen atoms in total. The van der Waals surface area contributed by atoms with Crippen LogP contribution in [0.3, 0.4) is 0 Å². The van der Waals surface area contributed by atoms with Crippen molar-refractivity contribution in [3.63, 3.8) is 0 Å². The second kappa shape index (κ2) is 8.16. The van der Waals surface area contributed by atoms with Gasteiger partial charge in [0.25, 0.3) is 0 Å². The number of rotatable bonds is 3. The molecule has 0 aliphatic carbocycles. The Bertz CT molecular complexity index is 422. The van der Waals surface area contributed by atoms with E-state index in [0.717, 1.165) is 18.7 Å². The summed E-state index contributed by atoms with van der Waals surface area (Å²) in [5, 5.41) is 0. The molecule has 0 radical (unpaired) electrons. The van der Waals surface area contributed by atoms with Gasteiger partial charge in [0, 0.05) is 24.8 Å². The predicted octanol–water partition coefficient (Wildman–Crippen LogP) is 0.855. The van der Waals surface area contributed by atoms with E-state index >= 15 is 0 Å². The summed E-state index contributed by atoms with van der Waals surface area (Å²) in [6, 6.07) is 3.79. The monoisotopic (exact) mass is 378 g/mol. The van der Waals surface area contributed by atoms with Crippen molar-refractivity contribution in [3.05, 3.63) is 23.9 Å². The Hall–Kier alpha value is -1.09. The molecule has 0 atom stereocenters. The van der Waals surface area contributed by atoms with Gasteiger partial charge in [-0.15, -0.1) is 24.0 Å². The molecule has 0 bridgehead atoms. The van der Waals surface area contributed by atoms with Crippen LogP contribution in [0.4, 0.5) is 0 Å². The summed E-state index contributed by atoms with van der Waals surface area (Å²) < 4.78 is 10.4. The van der Waals surface area contributed by atoms with Gasteiger partial charge >= 0.3 is 0 Å². The molecule has 2 N–H and O–H groups in total. The third kappa shape index (κ3) is 4.50. The van der Waals surface area contributed by atoms with Gasteiger partial charge in [-0.05, 0) is 6.07 Å². The fourth-order valence-electron chi connectivity index (χ4n) is 1.79. The summed E-state index contributed by atoms with van der Waals surface area (Å²) >= 11 is 0. The number of hydrogen-bond acceptors (Lipinski definition) is 4. The minimum absolute atomic E-state index is 0. The van der Waals surface area contributed by atoms with Gasteiger partial charge in [0.1, 0.15) is 0 Å². The van der Waals surface area contributed by atoms with Gasteiger partial charge in [0.2, 0.25) is 5.88 Å². The summed E-state index contributed by atoms with van der Waals surface area (Å²) in [6.45, 7) is 3.46. The molecule has 2 heterocycles. The standard InChI is InChI=1S/C12H18N4O2.HI/c1-17-11-10(3-2-4-14-11)9-15-12(13)16-5-7-18-8-6-16;/h2-4H,5-9H2,1H3,(H2,13,15);1H. The van der Waals surface area contributed by atoms with E-state index in [9.17, 15) is 0 Å². The molecule has 0 unspecified atom stereocenters. The number of nitrogens with zero attached hydrogens (tertiary/aromatic N) is 3. The number of aliphatic imine (C=N–C) groups is 1. The van der Waals surface area contributed by atoms with Crippen LogP contribution in [0.2, 0.25) is 0 Å². The molecule has 0 saturated carbocycles. The molecule has 106 valence electrons. The van der Waals surface area contributed by atoms with Crippen LogP contribution in [0.15, 0.2) is 23.3 Å². The van der Waals surface area contributed by atoms with Gasteiger partial charge < -0.3 is 20.1 Å². The third-order valence-corrected chi connectivity index (χ3v) is 2.79. The third-order valence-electron chi connectivity index (χ3n) is 2.79. The van der Waals surface area contributed by atoms with Crippen molar-refractivity contribution in [2.45, 2.75) is 6.54 Å². The summed E-state index contributed by atoms with van der Waals surface area (Å²) in [6.07, 6.45) is 1.69. The Balaban J connectivity index is 0.00000180. The van der Waals surface area contributed by atoms with E-state index in [1.54, 1.807) is 13.3 Å². The van der Waals surface area contributed by atoms with Gasteiger partial charge in [0.15, 0.2) is 5.96 Å². The van der Waals surface area contributed by atoms with E-state index in [1.807, 2.05) is 17.0 Å². The van der Waals surface area contributed by atoms with Crippen LogP contribution in [0.25, 0.3) is 0 Å². The first-order valence-corrected chi connectivity index (χ1v) is 5.91. The smallest absolute Gasteiger partial charge is 0.218 e. The summed E-state index contributed by atoms with van der Waals surface area (Å²) in [5.74, 6) is 1.14. The van der Waals surface area contributed by atoms with Crippen molar-refractivity contribution < 1.29 is 9.47 Å². The molecule has 0 spiro atoms. The lowest BCUT2D eigenvalue weighted by Gasteiger charge is -2.27. The number of methoxy groups -OCH3 is 1. The molecule has 1 aliphatic rings. The average molecular weight is 378 g/mol. The highest BCUT2D eigenvalue weighted by molar-refractivity contribution is 14.0. The molecule has 7 heteroatoms. The number of morpholine rings is 1. The van der Waals surface area contributed by atoms with Gasteiger partial charge in [-0.2, -0.15) is 0 Å². The zero-order valence-electron chi connectivity index (χ0n) is 10.9. The van der Waals surface area contributed by atoms with Gasteiger partial charge in [0.05, 0.1) is 26.9 Å². The molecule has 19 heavy (non-hydrogen) atoms. The van der Waals surface area contributed by atoms with Crippen molar-refractivity contribution in [1.29, 1.82) is 0 Å². The number of hydrogen-bond donors (Lipinski definition) is 1. The summed E-state index contributed by atoms with van der Waals surface area (Å²) in [5.41, 5.74) is 6.87. The first-order chi connectivity index (χ1) is 8.81. The Morgan fingerprint density at radius 2 is 2.26 bits per heavy atom. The molecule has 1 aliphatic heterocycles. The number of halogens is 1. The van der Waals surface area contributed by atoms with Crippen molar-refractivity contribution in [2.75, 3.05) is 33.4 Å². The maximum absolute atomic E-state index is 5.95. The van der Waals surface area contributed by atoms with Crippen LogP contribution < -0.4 is 10.5 Å². The average Bonchev–Trinajstić information content (AvgIpc) is 2.46. The maximum atomic E-state index is 5.95. The van der Waals surface area contributed by atoms with Crippen molar-refractivity contribution in [2.24, 2.45) is 10.7 Å². The quantitative estimate of drug-likeness (QED) is 0.480. The van der Waals surface area contributed by atoms with Crippen LogP contribution in [-0.2, 0) is 11.3 Å². The lowest BCUT2D eigenvalue weighted by molar-refractivity contribution is 0.0674. The summed E-state index contributed by atoms with van der Waals surface area (Å²) in [7, 11) is 1.60. The normalized spacial score (nSPS) is 15.8. The van der Waals surface area contributed by atoms with Gasteiger partial charge in [-0.25, -0.2) is 9.98 Å². The van der Waals surface area contributed by atoms with Gasteiger partial charge in [-0.3, -0.25) is 0 Å². The lowest BCUT2D eigenvalue weighted by Crippen LogP contribution is -2.44. The lowest BCUT2D eigenvalue weighted by atomic mass is 10.3. The molecule has 1 saturated heterocycles. The zero-order chi connectivity index (χ0) is 12.8. The van der Waals surface area contributed by atoms with E-state index in [0.29, 0.717) is 31.6 Å². The molecule has 1 fully saturated rings. The minimum atomic E-state index is 0. The topological polar surface area (TPSA) is 73.0 Å². The Kier molecular flexibility index (Phi) is 6.85. The van der Waals surface area contributed by atoms with E-state index in [1.165, 1.54) is 0 Å². The van der Waals surface area contributed by atoms with Crippen LogP contribution in [0, 0.1) is 0 Å². The molecule has 1 aromatic rings. The minimum Gasteiger partial charge on any atom is -0.481 e. The van der Waals surface area contributed by atoms with E-state index in [4.69, 9.17) is 15.2 Å². The second-order valence-electron chi connectivity index (χ2n) is 3.95. The van der Waals surface area contributed by atoms with Crippen LogP contribution in [0.5, 0.6) is 5.88 Å². The highest BCUT2D eigenvalue weighted by Gasteiger charge is 2.12. The van der Waals surface area contributed by atoms with Crippen molar-refractivity contribution in [3.8, 4) is 5.88 Å². The van der Waals surface area contributed by atoms with E-state index < -0.39 is 0 Å². The summed E-state index contributed by atoms with van der Waals surface area (Å²) in [4.78, 5) is 10.5. The number of ether oxygens (including phenoxy) is 2. The highest BCUT2D eigenvalue weighted by atomic mass is 127. The molecule has 0 aromatic carbocycles. The van der Waals surface area contributed by atoms with E-state index in [-0.39, 0.29) is 24.0 Å². The fraction of sp³-hybridized carbons (Fsp3) is 0.500. The largest absolute Gasteiger partial charge is 0.481 e. The Morgan fingerprint density at radius 3 is 2.95 bits per heavy atom.